The molecule has 1 N–H and O–H groups in total. The molecule has 1 atom stereocenters. The van der Waals surface area contributed by atoms with Crippen molar-refractivity contribution in [2.24, 2.45) is 0 Å². The summed E-state index contributed by atoms with van der Waals surface area (Å²) in [5, 5.41) is 8.78. The van der Waals surface area contributed by atoms with Crippen molar-refractivity contribution >= 4 is 11.9 Å². The number of carboxylic acids is 1. The molecule has 240 valence electrons. The largest absolute Gasteiger partial charge is 0.481 e. The first-order valence-corrected chi connectivity index (χ1v) is 17.8. The third-order valence-electron chi connectivity index (χ3n) is 7.93. The van der Waals surface area contributed by atoms with Crippen molar-refractivity contribution < 1.29 is 19.4 Å². The van der Waals surface area contributed by atoms with E-state index in [4.69, 9.17) is 9.84 Å². The molecule has 0 rings (SSSR count). The summed E-state index contributed by atoms with van der Waals surface area (Å²) in [6, 6.07) is 0. The van der Waals surface area contributed by atoms with Crippen LogP contribution in [0.4, 0.5) is 0 Å². The molecule has 1 unspecified atom stereocenters. The highest BCUT2D eigenvalue weighted by molar-refractivity contribution is 5.69. The molecule has 0 spiro atoms. The van der Waals surface area contributed by atoms with Gasteiger partial charge in [0.25, 0.3) is 0 Å². The minimum Gasteiger partial charge on any atom is -0.481 e. The SMILES string of the molecule is CCCCCCC/C=C\C/C=C\CCCCCC(CCCCCCCC(=O)O)OC(=O)CCCCCCCCCC. The van der Waals surface area contributed by atoms with Crippen molar-refractivity contribution in [3.8, 4) is 0 Å². The van der Waals surface area contributed by atoms with Crippen LogP contribution in [0.5, 0.6) is 0 Å². The first-order valence-electron chi connectivity index (χ1n) is 17.8. The van der Waals surface area contributed by atoms with Crippen molar-refractivity contribution in [3.05, 3.63) is 24.3 Å². The fraction of sp³-hybridized carbons (Fsp3) is 0.838. The monoisotopic (exact) mass is 577 g/mol. The Morgan fingerprint density at radius 3 is 1.46 bits per heavy atom. The lowest BCUT2D eigenvalue weighted by Gasteiger charge is -2.18. The standard InChI is InChI=1S/C37H68O4/c1-3-5-7-9-11-13-14-15-16-17-18-19-20-23-27-31-35(32-28-24-22-25-29-33-36(38)39)41-37(40)34-30-26-21-12-10-8-6-4-2/h14-15,17-18,35H,3-13,16,19-34H2,1-2H3,(H,38,39)/b15-14-,18-17-. The summed E-state index contributed by atoms with van der Waals surface area (Å²) in [4.78, 5) is 23.2. The molecule has 0 bridgehead atoms. The van der Waals surface area contributed by atoms with Crippen LogP contribution in [0.25, 0.3) is 0 Å². The summed E-state index contributed by atoms with van der Waals surface area (Å²) in [6.07, 6.45) is 40.4. The first kappa shape index (κ1) is 39.4. The molecule has 0 aliphatic rings. The fourth-order valence-electron chi connectivity index (χ4n) is 5.27. The third kappa shape index (κ3) is 32.8. The Balaban J connectivity index is 4.11. The molecule has 0 saturated heterocycles. The highest BCUT2D eigenvalue weighted by Gasteiger charge is 2.14. The molecule has 0 radical (unpaired) electrons. The van der Waals surface area contributed by atoms with Gasteiger partial charge in [-0.3, -0.25) is 9.59 Å². The predicted molar refractivity (Wildman–Crippen MR) is 176 cm³/mol. The van der Waals surface area contributed by atoms with Gasteiger partial charge in [0.1, 0.15) is 6.10 Å². The van der Waals surface area contributed by atoms with E-state index in [1.165, 1.54) is 89.9 Å². The number of rotatable bonds is 32. The lowest BCUT2D eigenvalue weighted by atomic mass is 10.0. The van der Waals surface area contributed by atoms with E-state index >= 15 is 0 Å². The second-order valence-corrected chi connectivity index (χ2v) is 12.1. The summed E-state index contributed by atoms with van der Waals surface area (Å²) in [7, 11) is 0. The van der Waals surface area contributed by atoms with Gasteiger partial charge in [-0.1, -0.05) is 134 Å². The van der Waals surface area contributed by atoms with Gasteiger partial charge < -0.3 is 9.84 Å². The number of unbranched alkanes of at least 4 members (excludes halogenated alkanes) is 19. The molecular formula is C37H68O4. The second-order valence-electron chi connectivity index (χ2n) is 12.1. The maximum atomic E-state index is 12.5. The van der Waals surface area contributed by atoms with Crippen LogP contribution < -0.4 is 0 Å². The lowest BCUT2D eigenvalue weighted by molar-refractivity contribution is -0.150. The molecular weight excluding hydrogens is 508 g/mol. The summed E-state index contributed by atoms with van der Waals surface area (Å²) in [6.45, 7) is 4.51. The number of aliphatic carboxylic acids is 1. The highest BCUT2D eigenvalue weighted by atomic mass is 16.5. The normalized spacial score (nSPS) is 12.4. The number of allylic oxidation sites excluding steroid dienone is 4. The van der Waals surface area contributed by atoms with Gasteiger partial charge in [-0.25, -0.2) is 0 Å². The van der Waals surface area contributed by atoms with Crippen molar-refractivity contribution in [1.82, 2.24) is 0 Å². The number of carbonyl (C=O) groups excluding carboxylic acids is 1. The average Bonchev–Trinajstić information content (AvgIpc) is 2.95. The Labute approximate surface area is 255 Å². The maximum absolute atomic E-state index is 12.5. The number of carboxylic acid groups (broad SMARTS) is 1. The van der Waals surface area contributed by atoms with Gasteiger partial charge in [-0.05, 0) is 70.6 Å². The van der Waals surface area contributed by atoms with Crippen LogP contribution in [0, 0.1) is 0 Å². The molecule has 0 aliphatic carbocycles. The summed E-state index contributed by atoms with van der Waals surface area (Å²) < 4.78 is 5.95. The van der Waals surface area contributed by atoms with E-state index in [1.54, 1.807) is 0 Å². The van der Waals surface area contributed by atoms with Gasteiger partial charge in [0.05, 0.1) is 0 Å². The van der Waals surface area contributed by atoms with E-state index in [9.17, 15) is 9.59 Å². The average molecular weight is 577 g/mol. The number of hydrogen-bond acceptors (Lipinski definition) is 3. The lowest BCUT2D eigenvalue weighted by Crippen LogP contribution is -2.18. The smallest absolute Gasteiger partial charge is 0.306 e. The van der Waals surface area contributed by atoms with Crippen molar-refractivity contribution in [2.75, 3.05) is 0 Å². The van der Waals surface area contributed by atoms with Gasteiger partial charge in [0.15, 0.2) is 0 Å². The van der Waals surface area contributed by atoms with Gasteiger partial charge in [0, 0.05) is 12.8 Å². The quantitative estimate of drug-likeness (QED) is 0.0491. The van der Waals surface area contributed by atoms with E-state index in [0.717, 1.165) is 77.0 Å². The number of hydrogen-bond donors (Lipinski definition) is 1. The van der Waals surface area contributed by atoms with E-state index < -0.39 is 5.97 Å². The van der Waals surface area contributed by atoms with Crippen LogP contribution in [-0.4, -0.2) is 23.1 Å². The van der Waals surface area contributed by atoms with Crippen molar-refractivity contribution in [3.63, 3.8) is 0 Å². The molecule has 0 aromatic rings. The van der Waals surface area contributed by atoms with Crippen molar-refractivity contribution in [1.29, 1.82) is 0 Å². The van der Waals surface area contributed by atoms with Crippen LogP contribution in [0.15, 0.2) is 24.3 Å². The topological polar surface area (TPSA) is 63.6 Å². The molecule has 0 aromatic carbocycles. The van der Waals surface area contributed by atoms with Crippen LogP contribution in [0.3, 0.4) is 0 Å². The third-order valence-corrected chi connectivity index (χ3v) is 7.93. The molecule has 0 amide bonds. The molecule has 4 nitrogen and oxygen atoms in total. The molecule has 4 heteroatoms. The van der Waals surface area contributed by atoms with E-state index in [-0.39, 0.29) is 18.5 Å². The minimum absolute atomic E-state index is 0.0145. The predicted octanol–water partition coefficient (Wildman–Crippen LogP) is 12.1. The van der Waals surface area contributed by atoms with Crippen molar-refractivity contribution in [2.45, 2.75) is 200 Å². The van der Waals surface area contributed by atoms with Crippen LogP contribution in [-0.2, 0) is 14.3 Å². The van der Waals surface area contributed by atoms with Gasteiger partial charge in [-0.2, -0.15) is 0 Å². The Bertz CT molecular complexity index is 624. The fourth-order valence-corrected chi connectivity index (χ4v) is 5.27. The zero-order chi connectivity index (χ0) is 30.1. The molecule has 0 fully saturated rings. The molecule has 0 heterocycles. The second kappa shape index (κ2) is 32.9. The number of ether oxygens (including phenoxy) is 1. The maximum Gasteiger partial charge on any atom is 0.306 e. The number of carbonyl (C=O) groups is 2. The Morgan fingerprint density at radius 2 is 0.951 bits per heavy atom. The minimum atomic E-state index is -0.704. The Morgan fingerprint density at radius 1 is 0.537 bits per heavy atom. The molecule has 0 saturated carbocycles. The highest BCUT2D eigenvalue weighted by Crippen LogP contribution is 2.18. The number of esters is 1. The van der Waals surface area contributed by atoms with Crippen LogP contribution in [0.1, 0.15) is 194 Å². The molecule has 0 aliphatic heterocycles. The van der Waals surface area contributed by atoms with E-state index in [0.29, 0.717) is 6.42 Å². The summed E-state index contributed by atoms with van der Waals surface area (Å²) in [5.41, 5.74) is 0. The summed E-state index contributed by atoms with van der Waals surface area (Å²) in [5.74, 6) is -0.719. The Hall–Kier alpha value is -1.58. The van der Waals surface area contributed by atoms with Gasteiger partial charge in [0.2, 0.25) is 0 Å². The van der Waals surface area contributed by atoms with Gasteiger partial charge in [-0.15, -0.1) is 0 Å². The molecule has 0 aromatic heterocycles. The zero-order valence-electron chi connectivity index (χ0n) is 27.4. The van der Waals surface area contributed by atoms with Gasteiger partial charge >= 0.3 is 11.9 Å². The Kier molecular flexibility index (Phi) is 31.7. The van der Waals surface area contributed by atoms with Crippen LogP contribution in [0.2, 0.25) is 0 Å². The molecule has 41 heavy (non-hydrogen) atoms. The summed E-state index contributed by atoms with van der Waals surface area (Å²) >= 11 is 0. The van der Waals surface area contributed by atoms with E-state index in [2.05, 4.69) is 38.2 Å². The van der Waals surface area contributed by atoms with E-state index in [1.807, 2.05) is 0 Å². The zero-order valence-corrected chi connectivity index (χ0v) is 27.4. The van der Waals surface area contributed by atoms with Crippen LogP contribution >= 0.6 is 0 Å². The first-order chi connectivity index (χ1) is 20.1.